The second kappa shape index (κ2) is 8.29. The summed E-state index contributed by atoms with van der Waals surface area (Å²) in [4.78, 5) is 16.6. The van der Waals surface area contributed by atoms with Crippen LogP contribution in [0.2, 0.25) is 0 Å². The number of carbonyl (C=O) groups is 1. The molecule has 0 spiro atoms. The average Bonchev–Trinajstić information content (AvgIpc) is 2.78. The Balaban J connectivity index is 1.65. The number of nitrogens with zero attached hydrogens (tertiary/aromatic N) is 1. The lowest BCUT2D eigenvalue weighted by atomic mass is 9.94. The Labute approximate surface area is 169 Å². The molecule has 0 saturated carbocycles. The van der Waals surface area contributed by atoms with Crippen molar-refractivity contribution in [1.29, 1.82) is 0 Å². The van der Waals surface area contributed by atoms with Gasteiger partial charge in [0.15, 0.2) is 0 Å². The Morgan fingerprint density at radius 2 is 2.03 bits per heavy atom. The highest BCUT2D eigenvalue weighted by Gasteiger charge is 2.30. The highest BCUT2D eigenvalue weighted by Crippen LogP contribution is 2.33. The summed E-state index contributed by atoms with van der Waals surface area (Å²) in [6.45, 7) is -0.0484. The summed E-state index contributed by atoms with van der Waals surface area (Å²) >= 11 is 0. The van der Waals surface area contributed by atoms with Crippen molar-refractivity contribution in [3.8, 4) is 11.3 Å². The minimum Gasteiger partial charge on any atom is -0.394 e. The number of carbonyl (C=O) groups excluding carboxylic acids is 1. The van der Waals surface area contributed by atoms with Crippen molar-refractivity contribution in [3.05, 3.63) is 65.7 Å². The molecule has 6 nitrogen and oxygen atoms in total. The van der Waals surface area contributed by atoms with Crippen LogP contribution in [0.25, 0.3) is 22.2 Å². The molecule has 1 amide bonds. The van der Waals surface area contributed by atoms with Gasteiger partial charge in [-0.05, 0) is 48.7 Å². The molecular weight excluding hydrogens is 368 g/mol. The van der Waals surface area contributed by atoms with E-state index in [9.17, 15) is 15.0 Å². The fourth-order valence-electron chi connectivity index (χ4n) is 3.76. The molecule has 3 aromatic rings. The van der Waals surface area contributed by atoms with Gasteiger partial charge < -0.3 is 20.3 Å². The first kappa shape index (κ1) is 19.5. The first-order valence-electron chi connectivity index (χ1n) is 9.76. The maximum absolute atomic E-state index is 11.8. The van der Waals surface area contributed by atoms with E-state index in [1.807, 2.05) is 48.5 Å². The SMILES string of the molecule is CNC(=O)c1ccc2nc(-c3cccc([C@H]4OC(CO)CCC4O)c3)ccc2c1. The molecule has 6 heteroatoms. The number of hydrogen-bond acceptors (Lipinski definition) is 5. The number of aromatic nitrogens is 1. The van der Waals surface area contributed by atoms with Crippen LogP contribution < -0.4 is 5.32 Å². The summed E-state index contributed by atoms with van der Waals surface area (Å²) in [5.74, 6) is -0.129. The van der Waals surface area contributed by atoms with Crippen molar-refractivity contribution in [2.75, 3.05) is 13.7 Å². The summed E-state index contributed by atoms with van der Waals surface area (Å²) in [6, 6.07) is 17.1. The lowest BCUT2D eigenvalue weighted by Crippen LogP contribution is -2.34. The number of pyridine rings is 1. The Bertz CT molecular complexity index is 1040. The molecule has 3 N–H and O–H groups in total. The van der Waals surface area contributed by atoms with Crippen molar-refractivity contribution in [3.63, 3.8) is 0 Å². The largest absolute Gasteiger partial charge is 0.394 e. The second-order valence-electron chi connectivity index (χ2n) is 7.31. The maximum Gasteiger partial charge on any atom is 0.251 e. The fraction of sp³-hybridized carbons (Fsp3) is 0.304. The second-order valence-corrected chi connectivity index (χ2v) is 7.31. The van der Waals surface area contributed by atoms with Crippen molar-refractivity contribution in [2.24, 2.45) is 0 Å². The van der Waals surface area contributed by atoms with Crippen molar-refractivity contribution in [1.82, 2.24) is 10.3 Å². The van der Waals surface area contributed by atoms with E-state index in [0.717, 1.165) is 27.7 Å². The first-order valence-corrected chi connectivity index (χ1v) is 9.76. The van der Waals surface area contributed by atoms with Gasteiger partial charge in [-0.1, -0.05) is 24.3 Å². The van der Waals surface area contributed by atoms with Crippen LogP contribution in [-0.4, -0.2) is 47.0 Å². The zero-order chi connectivity index (χ0) is 20.4. The minimum absolute atomic E-state index is 0.0484. The number of fused-ring (bicyclic) bond motifs is 1. The van der Waals surface area contributed by atoms with Crippen LogP contribution in [0, 0.1) is 0 Å². The molecular formula is C23H24N2O4. The Morgan fingerprint density at radius 1 is 1.17 bits per heavy atom. The van der Waals surface area contributed by atoms with E-state index < -0.39 is 12.2 Å². The average molecular weight is 392 g/mol. The van der Waals surface area contributed by atoms with E-state index in [-0.39, 0.29) is 18.6 Å². The third-order valence-electron chi connectivity index (χ3n) is 5.37. The predicted molar refractivity (Wildman–Crippen MR) is 111 cm³/mol. The number of ether oxygens (including phenoxy) is 1. The standard InChI is InChI=1S/C23H24N2O4/c1-24-23(28)17-6-9-20-15(12-17)5-8-19(25-20)14-3-2-4-16(11-14)22-21(27)10-7-18(13-26)29-22/h2-6,8-9,11-12,18,21-22,26-27H,7,10,13H2,1H3,(H,24,28)/t18?,21?,22-/m1/s1. The third-order valence-corrected chi connectivity index (χ3v) is 5.37. The molecule has 29 heavy (non-hydrogen) atoms. The Hall–Kier alpha value is -2.80. The van der Waals surface area contributed by atoms with Gasteiger partial charge in [0, 0.05) is 23.6 Å². The summed E-state index contributed by atoms with van der Waals surface area (Å²) in [6.07, 6.45) is -0.0577. The fourth-order valence-corrected chi connectivity index (χ4v) is 3.76. The molecule has 0 aliphatic carbocycles. The predicted octanol–water partition coefficient (Wildman–Crippen LogP) is 2.83. The first-order chi connectivity index (χ1) is 14.1. The zero-order valence-corrected chi connectivity index (χ0v) is 16.2. The van der Waals surface area contributed by atoms with Gasteiger partial charge in [0.25, 0.3) is 5.91 Å². The van der Waals surface area contributed by atoms with Gasteiger partial charge in [-0.15, -0.1) is 0 Å². The van der Waals surface area contributed by atoms with Gasteiger partial charge in [0.05, 0.1) is 30.0 Å². The molecule has 2 heterocycles. The number of benzene rings is 2. The lowest BCUT2D eigenvalue weighted by molar-refractivity contribution is -0.132. The molecule has 0 bridgehead atoms. The number of amides is 1. The highest BCUT2D eigenvalue weighted by molar-refractivity contribution is 5.98. The zero-order valence-electron chi connectivity index (χ0n) is 16.2. The molecule has 4 rings (SSSR count). The number of rotatable bonds is 4. The lowest BCUT2D eigenvalue weighted by Gasteiger charge is -2.33. The molecule has 2 aromatic carbocycles. The molecule has 3 atom stereocenters. The van der Waals surface area contributed by atoms with E-state index in [1.54, 1.807) is 13.1 Å². The van der Waals surface area contributed by atoms with Gasteiger partial charge in [-0.25, -0.2) is 4.98 Å². The van der Waals surface area contributed by atoms with E-state index in [2.05, 4.69) is 5.32 Å². The van der Waals surface area contributed by atoms with Crippen molar-refractivity contribution in [2.45, 2.75) is 31.2 Å². The molecule has 1 saturated heterocycles. The van der Waals surface area contributed by atoms with Gasteiger partial charge >= 0.3 is 0 Å². The van der Waals surface area contributed by atoms with Crippen LogP contribution in [0.4, 0.5) is 0 Å². The van der Waals surface area contributed by atoms with E-state index in [1.165, 1.54) is 0 Å². The van der Waals surface area contributed by atoms with Crippen LogP contribution in [0.15, 0.2) is 54.6 Å². The summed E-state index contributed by atoms with van der Waals surface area (Å²) < 4.78 is 5.88. The van der Waals surface area contributed by atoms with E-state index >= 15 is 0 Å². The van der Waals surface area contributed by atoms with E-state index in [4.69, 9.17) is 9.72 Å². The van der Waals surface area contributed by atoms with Crippen LogP contribution in [0.1, 0.15) is 34.9 Å². The van der Waals surface area contributed by atoms with Gasteiger partial charge in [-0.3, -0.25) is 4.79 Å². The van der Waals surface area contributed by atoms with Gasteiger partial charge in [0.2, 0.25) is 0 Å². The smallest absolute Gasteiger partial charge is 0.251 e. The maximum atomic E-state index is 11.8. The van der Waals surface area contributed by atoms with Crippen molar-refractivity contribution >= 4 is 16.8 Å². The number of aliphatic hydroxyl groups excluding tert-OH is 2. The molecule has 2 unspecified atom stereocenters. The third kappa shape index (κ3) is 4.00. The summed E-state index contributed by atoms with van der Waals surface area (Å²) in [7, 11) is 1.61. The van der Waals surface area contributed by atoms with Crippen LogP contribution >= 0.6 is 0 Å². The minimum atomic E-state index is -0.597. The van der Waals surface area contributed by atoms with Gasteiger partial charge in [-0.2, -0.15) is 0 Å². The molecule has 1 aliphatic rings. The summed E-state index contributed by atoms with van der Waals surface area (Å²) in [5.41, 5.74) is 3.98. The van der Waals surface area contributed by atoms with E-state index in [0.29, 0.717) is 18.4 Å². The Kier molecular flexibility index (Phi) is 5.58. The number of aliphatic hydroxyl groups is 2. The number of hydrogen-bond donors (Lipinski definition) is 3. The molecule has 1 fully saturated rings. The van der Waals surface area contributed by atoms with Gasteiger partial charge in [0.1, 0.15) is 6.10 Å². The topological polar surface area (TPSA) is 91.7 Å². The van der Waals surface area contributed by atoms with Crippen LogP contribution in [0.3, 0.4) is 0 Å². The highest BCUT2D eigenvalue weighted by atomic mass is 16.5. The molecule has 1 aromatic heterocycles. The molecule has 150 valence electrons. The molecule has 1 aliphatic heterocycles. The van der Waals surface area contributed by atoms with Crippen LogP contribution in [0.5, 0.6) is 0 Å². The quantitative estimate of drug-likeness (QED) is 0.635. The Morgan fingerprint density at radius 3 is 2.83 bits per heavy atom. The normalized spacial score (nSPS) is 21.8. The van der Waals surface area contributed by atoms with Crippen LogP contribution in [-0.2, 0) is 4.74 Å². The molecule has 0 radical (unpaired) electrons. The summed E-state index contributed by atoms with van der Waals surface area (Å²) in [5, 5.41) is 23.3. The number of nitrogens with one attached hydrogen (secondary N) is 1. The monoisotopic (exact) mass is 392 g/mol. The van der Waals surface area contributed by atoms with Crippen molar-refractivity contribution < 1.29 is 19.7 Å².